The van der Waals surface area contributed by atoms with Crippen LogP contribution in [0, 0.1) is 13.8 Å². The Bertz CT molecular complexity index is 1030. The summed E-state index contributed by atoms with van der Waals surface area (Å²) in [6.45, 7) is 7.72. The van der Waals surface area contributed by atoms with Crippen LogP contribution in [0.25, 0.3) is 0 Å². The SMILES string of the molecule is CCN(Cc1ccccc1NC(=O)CN(C)S(=O)(=O)c1ccc(C)c(C)c1)C(C)=O. The minimum absolute atomic E-state index is 0.0575. The number of rotatable bonds is 8. The number of carbonyl (C=O) groups excluding carboxylic acids is 2. The van der Waals surface area contributed by atoms with E-state index in [2.05, 4.69) is 5.32 Å². The number of benzene rings is 2. The van der Waals surface area contributed by atoms with E-state index in [1.54, 1.807) is 35.2 Å². The van der Waals surface area contributed by atoms with Crippen LogP contribution >= 0.6 is 0 Å². The molecule has 0 spiro atoms. The molecule has 1 N–H and O–H groups in total. The van der Waals surface area contributed by atoms with E-state index < -0.39 is 15.9 Å². The minimum Gasteiger partial charge on any atom is -0.339 e. The van der Waals surface area contributed by atoms with Crippen molar-refractivity contribution in [2.75, 3.05) is 25.5 Å². The zero-order chi connectivity index (χ0) is 22.5. The average Bonchev–Trinajstić information content (AvgIpc) is 2.68. The van der Waals surface area contributed by atoms with Crippen LogP contribution in [0.1, 0.15) is 30.5 Å². The maximum atomic E-state index is 12.8. The van der Waals surface area contributed by atoms with Gasteiger partial charge >= 0.3 is 0 Å². The van der Waals surface area contributed by atoms with Gasteiger partial charge in [-0.1, -0.05) is 24.3 Å². The molecule has 2 aromatic carbocycles. The van der Waals surface area contributed by atoms with Gasteiger partial charge in [-0.2, -0.15) is 4.31 Å². The lowest BCUT2D eigenvalue weighted by atomic mass is 10.1. The van der Waals surface area contributed by atoms with Crippen molar-refractivity contribution in [2.45, 2.75) is 39.1 Å². The van der Waals surface area contributed by atoms with Crippen LogP contribution in [0.5, 0.6) is 0 Å². The van der Waals surface area contributed by atoms with Crippen LogP contribution in [0.15, 0.2) is 47.4 Å². The Balaban J connectivity index is 2.13. The second-order valence-electron chi connectivity index (χ2n) is 7.25. The molecule has 0 fully saturated rings. The third-order valence-corrected chi connectivity index (χ3v) is 6.83. The molecule has 0 saturated carbocycles. The Hall–Kier alpha value is -2.71. The fourth-order valence-electron chi connectivity index (χ4n) is 2.96. The summed E-state index contributed by atoms with van der Waals surface area (Å²) in [7, 11) is -2.41. The number of carbonyl (C=O) groups is 2. The highest BCUT2D eigenvalue weighted by molar-refractivity contribution is 7.89. The van der Waals surface area contributed by atoms with E-state index in [0.29, 0.717) is 18.8 Å². The Labute approximate surface area is 178 Å². The molecule has 0 radical (unpaired) electrons. The first-order chi connectivity index (χ1) is 14.1. The zero-order valence-electron chi connectivity index (χ0n) is 18.1. The number of sulfonamides is 1. The van der Waals surface area contributed by atoms with Crippen LogP contribution in [-0.4, -0.2) is 49.6 Å². The van der Waals surface area contributed by atoms with Crippen LogP contribution in [0.2, 0.25) is 0 Å². The number of amides is 2. The summed E-state index contributed by atoms with van der Waals surface area (Å²) in [4.78, 5) is 26.1. The number of aryl methyl sites for hydroxylation is 2. The lowest BCUT2D eigenvalue weighted by molar-refractivity contribution is -0.129. The molecule has 0 aromatic heterocycles. The molecule has 7 nitrogen and oxygen atoms in total. The molecule has 0 unspecified atom stereocenters. The normalized spacial score (nSPS) is 11.4. The fourth-order valence-corrected chi connectivity index (χ4v) is 4.18. The quantitative estimate of drug-likeness (QED) is 0.696. The van der Waals surface area contributed by atoms with E-state index in [1.165, 1.54) is 14.0 Å². The Kier molecular flexibility index (Phi) is 7.75. The highest BCUT2D eigenvalue weighted by atomic mass is 32.2. The van der Waals surface area contributed by atoms with Gasteiger partial charge in [0.1, 0.15) is 0 Å². The molecule has 0 aliphatic heterocycles. The van der Waals surface area contributed by atoms with Gasteiger partial charge in [0, 0.05) is 32.7 Å². The molecular formula is C22H29N3O4S. The average molecular weight is 432 g/mol. The predicted octanol–water partition coefficient (Wildman–Crippen LogP) is 2.93. The first kappa shape index (κ1) is 23.6. The van der Waals surface area contributed by atoms with Crippen molar-refractivity contribution in [2.24, 2.45) is 0 Å². The van der Waals surface area contributed by atoms with Gasteiger partial charge in [0.15, 0.2) is 0 Å². The summed E-state index contributed by atoms with van der Waals surface area (Å²) < 4.78 is 26.7. The predicted molar refractivity (Wildman–Crippen MR) is 118 cm³/mol. The van der Waals surface area contributed by atoms with Gasteiger partial charge in [-0.15, -0.1) is 0 Å². The van der Waals surface area contributed by atoms with E-state index >= 15 is 0 Å². The van der Waals surface area contributed by atoms with Crippen LogP contribution < -0.4 is 5.32 Å². The van der Waals surface area contributed by atoms with Crippen molar-refractivity contribution < 1.29 is 18.0 Å². The highest BCUT2D eigenvalue weighted by Gasteiger charge is 2.23. The molecule has 30 heavy (non-hydrogen) atoms. The van der Waals surface area contributed by atoms with E-state index in [9.17, 15) is 18.0 Å². The smallest absolute Gasteiger partial charge is 0.243 e. The van der Waals surface area contributed by atoms with Crippen molar-refractivity contribution in [1.82, 2.24) is 9.21 Å². The minimum atomic E-state index is -3.79. The summed E-state index contributed by atoms with van der Waals surface area (Å²) in [5, 5.41) is 2.77. The van der Waals surface area contributed by atoms with Crippen LogP contribution in [0.4, 0.5) is 5.69 Å². The zero-order valence-corrected chi connectivity index (χ0v) is 18.9. The third-order valence-electron chi connectivity index (χ3n) is 5.03. The van der Waals surface area contributed by atoms with Gasteiger partial charge < -0.3 is 10.2 Å². The lowest BCUT2D eigenvalue weighted by Gasteiger charge is -2.22. The molecule has 0 bridgehead atoms. The molecule has 0 atom stereocenters. The van der Waals surface area contributed by atoms with E-state index in [1.807, 2.05) is 32.9 Å². The molecular weight excluding hydrogens is 402 g/mol. The number of likely N-dealkylation sites (N-methyl/N-ethyl adjacent to an activating group) is 1. The number of hydrogen-bond acceptors (Lipinski definition) is 4. The second kappa shape index (κ2) is 9.86. The van der Waals surface area contributed by atoms with Crippen LogP contribution in [-0.2, 0) is 26.2 Å². The molecule has 2 amide bonds. The summed E-state index contributed by atoms with van der Waals surface area (Å²) in [6.07, 6.45) is 0. The van der Waals surface area contributed by atoms with Crippen molar-refractivity contribution in [1.29, 1.82) is 0 Å². The molecule has 162 valence electrons. The van der Waals surface area contributed by atoms with Crippen LogP contribution in [0.3, 0.4) is 0 Å². The number of nitrogens with zero attached hydrogens (tertiary/aromatic N) is 2. The summed E-state index contributed by atoms with van der Waals surface area (Å²) in [6, 6.07) is 12.1. The number of hydrogen-bond donors (Lipinski definition) is 1. The van der Waals surface area contributed by atoms with E-state index in [4.69, 9.17) is 0 Å². The van der Waals surface area contributed by atoms with Crippen molar-refractivity contribution in [3.8, 4) is 0 Å². The first-order valence-corrected chi connectivity index (χ1v) is 11.2. The molecule has 2 aromatic rings. The van der Waals surface area contributed by atoms with Gasteiger partial charge in [0.2, 0.25) is 21.8 Å². The largest absolute Gasteiger partial charge is 0.339 e. The van der Waals surface area contributed by atoms with Gasteiger partial charge in [-0.25, -0.2) is 8.42 Å². The first-order valence-electron chi connectivity index (χ1n) is 9.73. The van der Waals surface area contributed by atoms with Gasteiger partial charge in [-0.05, 0) is 55.7 Å². The summed E-state index contributed by atoms with van der Waals surface area (Å²) in [5.41, 5.74) is 3.20. The highest BCUT2D eigenvalue weighted by Crippen LogP contribution is 2.20. The van der Waals surface area contributed by atoms with E-state index in [0.717, 1.165) is 21.0 Å². The molecule has 2 rings (SSSR count). The molecule has 0 heterocycles. The number of anilines is 1. The monoisotopic (exact) mass is 431 g/mol. The maximum absolute atomic E-state index is 12.8. The maximum Gasteiger partial charge on any atom is 0.243 e. The van der Waals surface area contributed by atoms with E-state index in [-0.39, 0.29) is 17.3 Å². The third kappa shape index (κ3) is 5.67. The molecule has 8 heteroatoms. The van der Waals surface area contributed by atoms with Crippen molar-refractivity contribution in [3.63, 3.8) is 0 Å². The summed E-state index contributed by atoms with van der Waals surface area (Å²) in [5.74, 6) is -0.513. The molecule has 0 saturated heterocycles. The van der Waals surface area contributed by atoms with Gasteiger partial charge in [0.25, 0.3) is 0 Å². The second-order valence-corrected chi connectivity index (χ2v) is 9.29. The lowest BCUT2D eigenvalue weighted by Crippen LogP contribution is -2.35. The molecule has 0 aliphatic rings. The fraction of sp³-hybridized carbons (Fsp3) is 0.364. The van der Waals surface area contributed by atoms with Gasteiger partial charge in [0.05, 0.1) is 11.4 Å². The number of para-hydroxylation sites is 1. The standard InChI is InChI=1S/C22H29N3O4S/c1-6-25(18(4)26)14-19-9-7-8-10-21(19)23-22(27)15-24(5)30(28,29)20-12-11-16(2)17(3)13-20/h7-13H,6,14-15H2,1-5H3,(H,23,27). The van der Waals surface area contributed by atoms with Crippen molar-refractivity contribution in [3.05, 3.63) is 59.2 Å². The Morgan fingerprint density at radius 1 is 1.03 bits per heavy atom. The Morgan fingerprint density at radius 2 is 1.70 bits per heavy atom. The van der Waals surface area contributed by atoms with Crippen molar-refractivity contribution >= 4 is 27.5 Å². The summed E-state index contributed by atoms with van der Waals surface area (Å²) >= 11 is 0. The molecule has 0 aliphatic carbocycles. The Morgan fingerprint density at radius 3 is 2.30 bits per heavy atom. The topological polar surface area (TPSA) is 86.8 Å². The van der Waals surface area contributed by atoms with Gasteiger partial charge in [-0.3, -0.25) is 9.59 Å². The number of nitrogens with one attached hydrogen (secondary N) is 1.